The van der Waals surface area contributed by atoms with Gasteiger partial charge in [-0.3, -0.25) is 0 Å². The van der Waals surface area contributed by atoms with Crippen molar-refractivity contribution >= 4 is 5.69 Å². The number of nitrogens with zero attached hydrogens (tertiary/aromatic N) is 2. The highest BCUT2D eigenvalue weighted by molar-refractivity contribution is 5.49. The van der Waals surface area contributed by atoms with Gasteiger partial charge in [-0.1, -0.05) is 6.07 Å². The third-order valence-corrected chi connectivity index (χ3v) is 2.29. The summed E-state index contributed by atoms with van der Waals surface area (Å²) in [5.41, 5.74) is 6.87. The number of nitrogen functional groups attached to an aromatic ring is 1. The van der Waals surface area contributed by atoms with Crippen molar-refractivity contribution in [2.45, 2.75) is 6.92 Å². The van der Waals surface area contributed by atoms with E-state index >= 15 is 0 Å². The van der Waals surface area contributed by atoms with Gasteiger partial charge < -0.3 is 10.5 Å². The van der Waals surface area contributed by atoms with Gasteiger partial charge in [0.25, 0.3) is 0 Å². The minimum atomic E-state index is -0.511. The summed E-state index contributed by atoms with van der Waals surface area (Å²) in [6.07, 6.45) is 1.35. The van der Waals surface area contributed by atoms with E-state index in [0.29, 0.717) is 5.69 Å². The molecule has 2 N–H and O–H groups in total. The van der Waals surface area contributed by atoms with Crippen LogP contribution in [0.2, 0.25) is 0 Å². The largest absolute Gasteiger partial charge is 0.435 e. The Morgan fingerprint density at radius 2 is 2.17 bits per heavy atom. The van der Waals surface area contributed by atoms with Crippen molar-refractivity contribution in [3.8, 4) is 17.7 Å². The second kappa shape index (κ2) is 4.72. The van der Waals surface area contributed by atoms with Crippen molar-refractivity contribution in [3.05, 3.63) is 47.4 Å². The van der Waals surface area contributed by atoms with E-state index in [2.05, 4.69) is 4.98 Å². The normalized spacial score (nSPS) is 9.83. The van der Waals surface area contributed by atoms with Gasteiger partial charge in [0.2, 0.25) is 5.88 Å². The first-order valence-electron chi connectivity index (χ1n) is 5.20. The number of nitriles is 1. The molecule has 4 nitrogen and oxygen atoms in total. The number of hydrogen-bond acceptors (Lipinski definition) is 4. The van der Waals surface area contributed by atoms with E-state index in [1.54, 1.807) is 6.07 Å². The van der Waals surface area contributed by atoms with Gasteiger partial charge in [0.15, 0.2) is 11.6 Å². The Labute approximate surface area is 103 Å². The van der Waals surface area contributed by atoms with Crippen LogP contribution in [-0.2, 0) is 0 Å². The first-order valence-corrected chi connectivity index (χ1v) is 5.20. The van der Waals surface area contributed by atoms with Gasteiger partial charge in [-0.2, -0.15) is 5.26 Å². The first-order chi connectivity index (χ1) is 8.60. The zero-order chi connectivity index (χ0) is 13.1. The van der Waals surface area contributed by atoms with E-state index in [9.17, 15) is 4.39 Å². The Kier molecular flexibility index (Phi) is 3.11. The van der Waals surface area contributed by atoms with Gasteiger partial charge in [-0.15, -0.1) is 0 Å². The number of nitrogens with two attached hydrogens (primary N) is 1. The zero-order valence-electron chi connectivity index (χ0n) is 9.64. The van der Waals surface area contributed by atoms with Crippen molar-refractivity contribution in [3.63, 3.8) is 0 Å². The summed E-state index contributed by atoms with van der Waals surface area (Å²) < 4.78 is 18.8. The molecule has 0 saturated carbocycles. The number of rotatable bonds is 2. The second-order valence-corrected chi connectivity index (χ2v) is 3.77. The topological polar surface area (TPSA) is 71.9 Å². The Morgan fingerprint density at radius 3 is 2.89 bits per heavy atom. The monoisotopic (exact) mass is 243 g/mol. The molecule has 5 heteroatoms. The molecule has 0 atom stereocenters. The van der Waals surface area contributed by atoms with Crippen LogP contribution in [0.3, 0.4) is 0 Å². The second-order valence-electron chi connectivity index (χ2n) is 3.77. The van der Waals surface area contributed by atoms with Crippen LogP contribution in [0.15, 0.2) is 30.5 Å². The zero-order valence-corrected chi connectivity index (χ0v) is 9.64. The fraction of sp³-hybridized carbons (Fsp3) is 0.0769. The number of aromatic nitrogens is 1. The summed E-state index contributed by atoms with van der Waals surface area (Å²) in [6.45, 7) is 1.81. The Morgan fingerprint density at radius 1 is 1.39 bits per heavy atom. The molecule has 0 aliphatic carbocycles. The number of ether oxygens (including phenoxy) is 1. The molecule has 0 radical (unpaired) electrons. The molecule has 18 heavy (non-hydrogen) atoms. The van der Waals surface area contributed by atoms with E-state index < -0.39 is 5.82 Å². The number of halogens is 1. The lowest BCUT2D eigenvalue weighted by molar-refractivity contribution is 0.426. The Bertz CT molecular complexity index is 635. The highest BCUT2D eigenvalue weighted by Gasteiger charge is 2.10. The van der Waals surface area contributed by atoms with Crippen LogP contribution in [0, 0.1) is 24.1 Å². The van der Waals surface area contributed by atoms with Crippen molar-refractivity contribution in [1.29, 1.82) is 5.26 Å². The minimum Gasteiger partial charge on any atom is -0.435 e. The maximum Gasteiger partial charge on any atom is 0.237 e. The summed E-state index contributed by atoms with van der Waals surface area (Å²) >= 11 is 0. The summed E-state index contributed by atoms with van der Waals surface area (Å²) in [5, 5.41) is 8.93. The fourth-order valence-corrected chi connectivity index (χ4v) is 1.42. The van der Waals surface area contributed by atoms with Gasteiger partial charge in [-0.25, -0.2) is 9.37 Å². The van der Waals surface area contributed by atoms with E-state index in [0.717, 1.165) is 5.56 Å². The average molecular weight is 243 g/mol. The molecule has 90 valence electrons. The lowest BCUT2D eigenvalue weighted by Gasteiger charge is -2.08. The van der Waals surface area contributed by atoms with Crippen LogP contribution >= 0.6 is 0 Å². The van der Waals surface area contributed by atoms with Gasteiger partial charge >= 0.3 is 0 Å². The molecular formula is C13H10FN3O. The van der Waals surface area contributed by atoms with Crippen LogP contribution < -0.4 is 10.5 Å². The van der Waals surface area contributed by atoms with E-state index in [1.807, 2.05) is 13.0 Å². The molecule has 0 bridgehead atoms. The van der Waals surface area contributed by atoms with E-state index in [1.165, 1.54) is 24.4 Å². The van der Waals surface area contributed by atoms with Crippen LogP contribution in [0.5, 0.6) is 11.6 Å². The average Bonchev–Trinajstić information content (AvgIpc) is 2.36. The number of pyridine rings is 1. The highest BCUT2D eigenvalue weighted by atomic mass is 19.1. The minimum absolute atomic E-state index is 0.0313. The summed E-state index contributed by atoms with van der Waals surface area (Å²) in [5.74, 6) is -0.442. The third-order valence-electron chi connectivity index (χ3n) is 2.29. The molecule has 1 heterocycles. The third kappa shape index (κ3) is 2.38. The maximum atomic E-state index is 13.5. The predicted molar refractivity (Wildman–Crippen MR) is 64.6 cm³/mol. The summed E-state index contributed by atoms with van der Waals surface area (Å²) in [7, 11) is 0. The van der Waals surface area contributed by atoms with Gasteiger partial charge in [0, 0.05) is 0 Å². The van der Waals surface area contributed by atoms with Crippen LogP contribution in [0.25, 0.3) is 0 Å². The summed E-state index contributed by atoms with van der Waals surface area (Å²) in [4.78, 5) is 3.88. The molecular weight excluding hydrogens is 233 g/mol. The molecule has 0 spiro atoms. The van der Waals surface area contributed by atoms with Gasteiger partial charge in [-0.05, 0) is 30.7 Å². The van der Waals surface area contributed by atoms with Gasteiger partial charge in [0.05, 0.1) is 11.9 Å². The molecule has 0 saturated heterocycles. The van der Waals surface area contributed by atoms with Gasteiger partial charge in [0.1, 0.15) is 11.6 Å². The van der Waals surface area contributed by atoms with Crippen molar-refractivity contribution in [2.75, 3.05) is 5.73 Å². The molecule has 0 aliphatic rings. The smallest absolute Gasteiger partial charge is 0.237 e. The molecule has 0 unspecified atom stereocenters. The van der Waals surface area contributed by atoms with Crippen molar-refractivity contribution < 1.29 is 9.13 Å². The SMILES string of the molecule is Cc1ccc(F)c(Oc2ncc(N)cc2C#N)c1. The number of benzene rings is 1. The maximum absolute atomic E-state index is 13.5. The quantitative estimate of drug-likeness (QED) is 0.880. The molecule has 0 amide bonds. The standard InChI is InChI=1S/C13H10FN3O/c1-8-2-3-11(14)12(4-8)18-13-9(6-15)5-10(16)7-17-13/h2-5,7H,16H2,1H3. The van der Waals surface area contributed by atoms with E-state index in [-0.39, 0.29) is 17.2 Å². The van der Waals surface area contributed by atoms with Crippen LogP contribution in [0.1, 0.15) is 11.1 Å². The molecule has 1 aromatic heterocycles. The first kappa shape index (κ1) is 11.9. The fourth-order valence-electron chi connectivity index (χ4n) is 1.42. The Hall–Kier alpha value is -2.61. The molecule has 2 aromatic rings. The summed E-state index contributed by atoms with van der Waals surface area (Å²) in [6, 6.07) is 7.79. The predicted octanol–water partition coefficient (Wildman–Crippen LogP) is 2.78. The van der Waals surface area contributed by atoms with Crippen LogP contribution in [0.4, 0.5) is 10.1 Å². The van der Waals surface area contributed by atoms with Crippen molar-refractivity contribution in [2.24, 2.45) is 0 Å². The van der Waals surface area contributed by atoms with Crippen molar-refractivity contribution in [1.82, 2.24) is 4.98 Å². The lowest BCUT2D eigenvalue weighted by atomic mass is 10.2. The molecule has 2 rings (SSSR count). The Balaban J connectivity index is 2.40. The number of aryl methyl sites for hydroxylation is 1. The van der Waals surface area contributed by atoms with E-state index in [4.69, 9.17) is 15.7 Å². The highest BCUT2D eigenvalue weighted by Crippen LogP contribution is 2.27. The number of hydrogen-bond donors (Lipinski definition) is 1. The number of anilines is 1. The molecule has 0 aliphatic heterocycles. The molecule has 0 fully saturated rings. The van der Waals surface area contributed by atoms with Crippen LogP contribution in [-0.4, -0.2) is 4.98 Å². The lowest BCUT2D eigenvalue weighted by Crippen LogP contribution is -1.96. The molecule has 1 aromatic carbocycles.